The minimum Gasteiger partial charge on any atom is -0.454 e. The molecule has 0 radical (unpaired) electrons. The number of pyridine rings is 1. The number of nitrogens with zero attached hydrogens (tertiary/aromatic N) is 4. The second kappa shape index (κ2) is 13.9. The first-order valence-corrected chi connectivity index (χ1v) is 21.7. The maximum Gasteiger partial charge on any atom is 0.163 e. The fourth-order valence-corrected chi connectivity index (χ4v) is 10.8. The molecule has 3 aromatic heterocycles. The van der Waals surface area contributed by atoms with E-state index in [2.05, 4.69) is 191 Å². The Morgan fingerprint density at radius 2 is 1.14 bits per heavy atom. The summed E-state index contributed by atoms with van der Waals surface area (Å²) < 4.78 is 9.17. The van der Waals surface area contributed by atoms with Gasteiger partial charge in [0, 0.05) is 44.6 Å². The number of para-hydroxylation sites is 3. The number of furan rings is 1. The third-order valence-electron chi connectivity index (χ3n) is 13.6. The zero-order valence-electron chi connectivity index (χ0n) is 34.2. The Labute approximate surface area is 364 Å². The van der Waals surface area contributed by atoms with Gasteiger partial charge in [-0.3, -0.25) is 4.57 Å². The van der Waals surface area contributed by atoms with E-state index in [0.29, 0.717) is 11.4 Å². The van der Waals surface area contributed by atoms with Crippen LogP contribution in [0.5, 0.6) is 0 Å². The number of rotatable bonds is 6. The lowest BCUT2D eigenvalue weighted by molar-refractivity contribution is 0.506. The monoisotopic (exact) mass is 806 g/mol. The summed E-state index contributed by atoms with van der Waals surface area (Å²) in [6.45, 7) is 0. The van der Waals surface area contributed by atoms with Gasteiger partial charge in [0.25, 0.3) is 0 Å². The summed E-state index contributed by atoms with van der Waals surface area (Å²) in [5.74, 6) is 0.845. The molecule has 2 bridgehead atoms. The molecule has 0 N–H and O–H groups in total. The van der Waals surface area contributed by atoms with Crippen LogP contribution in [0.25, 0.3) is 71.8 Å². The first-order chi connectivity index (χ1) is 31.2. The van der Waals surface area contributed by atoms with Gasteiger partial charge in [0.2, 0.25) is 0 Å². The molecule has 0 saturated heterocycles. The lowest BCUT2D eigenvalue weighted by atomic mass is 9.64. The quantitative estimate of drug-likeness (QED) is 0.168. The molecular formula is C58H38N4O. The summed E-state index contributed by atoms with van der Waals surface area (Å²) in [6.07, 6.45) is 1.95. The third-order valence-corrected chi connectivity index (χ3v) is 13.6. The van der Waals surface area contributed by atoms with Gasteiger partial charge in [-0.05, 0) is 88.7 Å². The zero-order chi connectivity index (χ0) is 41.6. The van der Waals surface area contributed by atoms with E-state index in [1.165, 1.54) is 11.1 Å². The lowest BCUT2D eigenvalue weighted by Gasteiger charge is -2.41. The van der Waals surface area contributed by atoms with Crippen LogP contribution in [-0.4, -0.2) is 9.55 Å². The fourth-order valence-electron chi connectivity index (χ4n) is 10.8. The van der Waals surface area contributed by atoms with E-state index in [1.807, 2.05) is 18.2 Å². The molecule has 5 nitrogen and oxygen atoms in total. The third kappa shape index (κ3) is 5.32. The van der Waals surface area contributed by atoms with Crippen molar-refractivity contribution in [2.24, 2.45) is 0 Å². The Kier molecular flexibility index (Phi) is 7.85. The molecule has 0 fully saturated rings. The second-order valence-corrected chi connectivity index (χ2v) is 16.8. The minimum absolute atomic E-state index is 0.0482. The van der Waals surface area contributed by atoms with Crippen LogP contribution in [0.15, 0.2) is 199 Å². The van der Waals surface area contributed by atoms with Crippen LogP contribution in [0.1, 0.15) is 52.6 Å². The SMILES string of the molecule is N#Cc1c2c(nc(-n3c4ccccc4c4cc(-c5ccccc5)ccc43)c1N(c1ccc(-c3ccccc3)cc1)c1cccc3c1oc1ccccc13)C1CCC2c2ccccc21. The molecule has 11 aromatic rings. The van der Waals surface area contributed by atoms with Crippen molar-refractivity contribution in [1.29, 1.82) is 5.26 Å². The molecule has 8 aromatic carbocycles. The summed E-state index contributed by atoms with van der Waals surface area (Å²) >= 11 is 0. The fraction of sp³-hybridized carbons (Fsp3) is 0.0690. The van der Waals surface area contributed by atoms with Gasteiger partial charge in [0.15, 0.2) is 11.4 Å². The van der Waals surface area contributed by atoms with Crippen molar-refractivity contribution in [3.8, 4) is 34.1 Å². The number of nitriles is 1. The summed E-state index contributed by atoms with van der Waals surface area (Å²) in [5, 5.41) is 16.2. The highest BCUT2D eigenvalue weighted by Gasteiger charge is 2.43. The molecule has 3 aliphatic rings. The van der Waals surface area contributed by atoms with Crippen molar-refractivity contribution in [3.05, 3.63) is 222 Å². The first-order valence-electron chi connectivity index (χ1n) is 21.7. The van der Waals surface area contributed by atoms with Gasteiger partial charge in [0.1, 0.15) is 17.3 Å². The number of aromatic nitrogens is 2. The van der Waals surface area contributed by atoms with E-state index in [-0.39, 0.29) is 11.8 Å². The van der Waals surface area contributed by atoms with Crippen molar-refractivity contribution in [2.75, 3.05) is 4.90 Å². The standard InChI is InChI=1S/C58H38N4O/c59-35-49-54-45-31-32-46(42-19-8-7-18-41(42)45)55(54)60-58(62-50-23-11-9-20-43(50)48-34-39(28-33-51(48)62)37-16-5-2-6-17-37)56(49)61(40-29-26-38(27-30-40)36-14-3-1-4-15-36)52-24-13-22-47-44-21-10-12-25-53(44)63-57(47)52/h1-30,33-34,45-46H,31-32H2. The molecule has 14 rings (SSSR count). The van der Waals surface area contributed by atoms with Gasteiger partial charge in [-0.2, -0.15) is 5.26 Å². The first kappa shape index (κ1) is 35.5. The molecule has 0 saturated carbocycles. The van der Waals surface area contributed by atoms with Crippen LogP contribution in [0, 0.1) is 11.3 Å². The van der Waals surface area contributed by atoms with Crippen molar-refractivity contribution in [3.63, 3.8) is 0 Å². The molecule has 63 heavy (non-hydrogen) atoms. The van der Waals surface area contributed by atoms with Crippen molar-refractivity contribution in [2.45, 2.75) is 24.7 Å². The summed E-state index contributed by atoms with van der Waals surface area (Å²) in [5.41, 5.74) is 16.0. The molecular weight excluding hydrogens is 769 g/mol. The number of benzene rings is 8. The van der Waals surface area contributed by atoms with Crippen molar-refractivity contribution in [1.82, 2.24) is 9.55 Å². The van der Waals surface area contributed by atoms with E-state index in [4.69, 9.17) is 9.40 Å². The summed E-state index contributed by atoms with van der Waals surface area (Å²) in [6, 6.07) is 71.4. The van der Waals surface area contributed by atoms with Gasteiger partial charge in [-0.1, -0.05) is 152 Å². The van der Waals surface area contributed by atoms with E-state index < -0.39 is 0 Å². The number of anilines is 3. The van der Waals surface area contributed by atoms with E-state index in [0.717, 1.165) is 107 Å². The average molecular weight is 807 g/mol. The molecule has 2 atom stereocenters. The summed E-state index contributed by atoms with van der Waals surface area (Å²) in [7, 11) is 0. The van der Waals surface area contributed by atoms with E-state index >= 15 is 0 Å². The largest absolute Gasteiger partial charge is 0.454 e. The van der Waals surface area contributed by atoms with Crippen LogP contribution in [0.4, 0.5) is 17.1 Å². The highest BCUT2D eigenvalue weighted by molar-refractivity contribution is 6.13. The Morgan fingerprint density at radius 1 is 0.540 bits per heavy atom. The molecule has 0 amide bonds. The molecule has 3 heterocycles. The van der Waals surface area contributed by atoms with Crippen LogP contribution in [-0.2, 0) is 0 Å². The lowest BCUT2D eigenvalue weighted by Crippen LogP contribution is -2.29. The Bertz CT molecular complexity index is 3650. The summed E-state index contributed by atoms with van der Waals surface area (Å²) in [4.78, 5) is 8.18. The molecule has 0 aliphatic heterocycles. The Morgan fingerprint density at radius 3 is 1.92 bits per heavy atom. The molecule has 0 spiro atoms. The van der Waals surface area contributed by atoms with Gasteiger partial charge < -0.3 is 9.32 Å². The number of fused-ring (bicyclic) bond motifs is 7. The maximum atomic E-state index is 11.9. The zero-order valence-corrected chi connectivity index (χ0v) is 34.2. The van der Waals surface area contributed by atoms with Gasteiger partial charge in [-0.25, -0.2) is 4.98 Å². The van der Waals surface area contributed by atoms with E-state index in [9.17, 15) is 5.26 Å². The predicted molar refractivity (Wildman–Crippen MR) is 255 cm³/mol. The average Bonchev–Trinajstić information content (AvgIpc) is 3.91. The second-order valence-electron chi connectivity index (χ2n) is 16.8. The molecule has 3 aliphatic carbocycles. The van der Waals surface area contributed by atoms with Crippen LogP contribution in [0.2, 0.25) is 0 Å². The van der Waals surface area contributed by atoms with Crippen LogP contribution in [0.3, 0.4) is 0 Å². The molecule has 5 heteroatoms. The molecule has 296 valence electrons. The van der Waals surface area contributed by atoms with Gasteiger partial charge in [0.05, 0.1) is 28.0 Å². The number of hydrogen-bond donors (Lipinski definition) is 0. The van der Waals surface area contributed by atoms with Gasteiger partial charge >= 0.3 is 0 Å². The predicted octanol–water partition coefficient (Wildman–Crippen LogP) is 15.1. The van der Waals surface area contributed by atoms with Crippen LogP contribution >= 0.6 is 0 Å². The van der Waals surface area contributed by atoms with E-state index in [1.54, 1.807) is 0 Å². The molecule has 2 unspecified atom stereocenters. The minimum atomic E-state index is 0.0482. The maximum absolute atomic E-state index is 11.9. The van der Waals surface area contributed by atoms with Crippen LogP contribution < -0.4 is 4.90 Å². The van der Waals surface area contributed by atoms with Gasteiger partial charge in [-0.15, -0.1) is 0 Å². The topological polar surface area (TPSA) is 58.0 Å². The Balaban J connectivity index is 1.17. The number of hydrogen-bond acceptors (Lipinski definition) is 4. The highest BCUT2D eigenvalue weighted by Crippen LogP contribution is 2.57. The van der Waals surface area contributed by atoms with Crippen molar-refractivity contribution >= 4 is 60.8 Å². The highest BCUT2D eigenvalue weighted by atomic mass is 16.3. The normalized spacial score (nSPS) is 15.2. The Hall–Kier alpha value is -8.20. The van der Waals surface area contributed by atoms with Crippen molar-refractivity contribution < 1.29 is 4.42 Å². The smallest absolute Gasteiger partial charge is 0.163 e.